The lowest BCUT2D eigenvalue weighted by atomic mass is 10.1. The molecule has 0 N–H and O–H groups in total. The van der Waals surface area contributed by atoms with Crippen molar-refractivity contribution in [2.45, 2.75) is 71.1 Å². The van der Waals surface area contributed by atoms with Crippen LogP contribution in [-0.4, -0.2) is 41.0 Å². The van der Waals surface area contributed by atoms with Crippen LogP contribution in [0, 0.1) is 0 Å². The Labute approximate surface area is 175 Å². The molecule has 0 radical (unpaired) electrons. The van der Waals surface area contributed by atoms with E-state index in [1.165, 1.54) is 79.8 Å². The lowest BCUT2D eigenvalue weighted by molar-refractivity contribution is 0.0594. The van der Waals surface area contributed by atoms with Crippen molar-refractivity contribution >= 4 is 5.97 Å². The van der Waals surface area contributed by atoms with Crippen molar-refractivity contribution in [1.82, 2.24) is 0 Å². The van der Waals surface area contributed by atoms with Gasteiger partial charge in [-0.2, -0.15) is 0 Å². The highest BCUT2D eigenvalue weighted by Gasteiger charge is 2.26. The molecule has 0 bridgehead atoms. The highest BCUT2D eigenvalue weighted by Crippen LogP contribution is 2.47. The molecule has 0 saturated heterocycles. The Bertz CT molecular complexity index is 600. The SMILES string of the molecule is CCCCCCCCCCCCOc1c(C(=O)OC)cc(OC)c(OC)c1OC. The second kappa shape index (κ2) is 14.8. The summed E-state index contributed by atoms with van der Waals surface area (Å²) in [5.41, 5.74) is 0.258. The van der Waals surface area contributed by atoms with Crippen LogP contribution in [0.4, 0.5) is 0 Å². The first-order valence-corrected chi connectivity index (χ1v) is 10.7. The molecule has 1 aromatic rings. The van der Waals surface area contributed by atoms with Gasteiger partial charge in [0.05, 0.1) is 35.0 Å². The maximum Gasteiger partial charge on any atom is 0.341 e. The van der Waals surface area contributed by atoms with Gasteiger partial charge in [-0.15, -0.1) is 0 Å². The number of methoxy groups -OCH3 is 4. The number of hydrogen-bond acceptors (Lipinski definition) is 6. The van der Waals surface area contributed by atoms with E-state index in [1.54, 1.807) is 6.07 Å². The van der Waals surface area contributed by atoms with Crippen LogP contribution in [0.15, 0.2) is 6.07 Å². The molecule has 166 valence electrons. The van der Waals surface area contributed by atoms with Gasteiger partial charge in [0.15, 0.2) is 11.5 Å². The predicted molar refractivity (Wildman–Crippen MR) is 115 cm³/mol. The summed E-state index contributed by atoms with van der Waals surface area (Å²) in [5.74, 6) is 0.923. The minimum Gasteiger partial charge on any atom is -0.493 e. The summed E-state index contributed by atoms with van der Waals surface area (Å²) in [6.07, 6.45) is 12.5. The lowest BCUT2D eigenvalue weighted by Crippen LogP contribution is -2.10. The average molecular weight is 411 g/mol. The fourth-order valence-corrected chi connectivity index (χ4v) is 3.30. The van der Waals surface area contributed by atoms with E-state index in [0.717, 1.165) is 12.8 Å². The van der Waals surface area contributed by atoms with E-state index in [9.17, 15) is 4.79 Å². The van der Waals surface area contributed by atoms with Gasteiger partial charge in [0.1, 0.15) is 5.56 Å². The molecular formula is C23H38O6. The Morgan fingerprint density at radius 3 is 1.76 bits per heavy atom. The fraction of sp³-hybridized carbons (Fsp3) is 0.696. The van der Waals surface area contributed by atoms with E-state index in [-0.39, 0.29) is 5.56 Å². The number of rotatable bonds is 16. The Morgan fingerprint density at radius 1 is 0.724 bits per heavy atom. The molecule has 0 aromatic heterocycles. The van der Waals surface area contributed by atoms with Crippen LogP contribution in [0.3, 0.4) is 0 Å². The number of unbranched alkanes of at least 4 members (excludes halogenated alkanes) is 9. The molecule has 0 saturated carbocycles. The molecule has 1 aromatic carbocycles. The third-order valence-corrected chi connectivity index (χ3v) is 4.93. The van der Waals surface area contributed by atoms with Gasteiger partial charge >= 0.3 is 5.97 Å². The summed E-state index contributed by atoms with van der Waals surface area (Å²) < 4.78 is 27.0. The highest BCUT2D eigenvalue weighted by molar-refractivity contribution is 5.95. The number of ether oxygens (including phenoxy) is 5. The first-order valence-electron chi connectivity index (χ1n) is 10.7. The molecule has 29 heavy (non-hydrogen) atoms. The third-order valence-electron chi connectivity index (χ3n) is 4.93. The van der Waals surface area contributed by atoms with Crippen molar-refractivity contribution in [3.63, 3.8) is 0 Å². The molecule has 0 atom stereocenters. The van der Waals surface area contributed by atoms with Gasteiger partial charge in [0.2, 0.25) is 11.5 Å². The van der Waals surface area contributed by atoms with Gasteiger partial charge in [-0.25, -0.2) is 4.79 Å². The zero-order chi connectivity index (χ0) is 21.5. The van der Waals surface area contributed by atoms with E-state index in [0.29, 0.717) is 29.6 Å². The number of carbonyl (C=O) groups is 1. The lowest BCUT2D eigenvalue weighted by Gasteiger charge is -2.19. The van der Waals surface area contributed by atoms with Crippen molar-refractivity contribution in [2.24, 2.45) is 0 Å². The van der Waals surface area contributed by atoms with Crippen molar-refractivity contribution in [2.75, 3.05) is 35.0 Å². The zero-order valence-corrected chi connectivity index (χ0v) is 18.8. The van der Waals surface area contributed by atoms with E-state index in [1.807, 2.05) is 0 Å². The first kappa shape index (κ1) is 24.9. The minimum atomic E-state index is -0.512. The molecule has 0 spiro atoms. The predicted octanol–water partition coefficient (Wildman–Crippen LogP) is 5.80. The van der Waals surface area contributed by atoms with Gasteiger partial charge in [0, 0.05) is 6.07 Å². The van der Waals surface area contributed by atoms with Crippen molar-refractivity contribution in [3.8, 4) is 23.0 Å². The van der Waals surface area contributed by atoms with Crippen LogP contribution in [-0.2, 0) is 4.74 Å². The molecule has 0 fully saturated rings. The monoisotopic (exact) mass is 410 g/mol. The molecule has 0 aliphatic heterocycles. The molecule has 0 heterocycles. The maximum absolute atomic E-state index is 12.2. The highest BCUT2D eigenvalue weighted by atomic mass is 16.6. The Balaban J connectivity index is 2.59. The third kappa shape index (κ3) is 8.03. The second-order valence-corrected chi connectivity index (χ2v) is 7.04. The number of hydrogen-bond donors (Lipinski definition) is 0. The summed E-state index contributed by atoms with van der Waals surface area (Å²) in [6.45, 7) is 2.74. The Hall–Kier alpha value is -2.11. The summed E-state index contributed by atoms with van der Waals surface area (Å²) in [5, 5.41) is 0. The normalized spacial score (nSPS) is 10.5. The van der Waals surface area contributed by atoms with Gasteiger partial charge in [-0.05, 0) is 6.42 Å². The standard InChI is InChI=1S/C23H38O6/c1-6-7-8-9-10-11-12-13-14-15-16-29-20-18(23(24)28-5)17-19(25-2)21(26-3)22(20)27-4/h17H,6-16H2,1-5H3. The molecule has 6 heteroatoms. The molecule has 0 aliphatic carbocycles. The van der Waals surface area contributed by atoms with Crippen LogP contribution in [0.25, 0.3) is 0 Å². The van der Waals surface area contributed by atoms with Gasteiger partial charge in [-0.3, -0.25) is 0 Å². The molecule has 0 amide bonds. The Kier molecular flexibility index (Phi) is 12.7. The fourth-order valence-electron chi connectivity index (χ4n) is 3.30. The summed E-state index contributed by atoms with van der Waals surface area (Å²) in [6, 6.07) is 1.56. The van der Waals surface area contributed by atoms with Crippen molar-refractivity contribution in [1.29, 1.82) is 0 Å². The van der Waals surface area contributed by atoms with E-state index < -0.39 is 5.97 Å². The Morgan fingerprint density at radius 2 is 1.28 bits per heavy atom. The van der Waals surface area contributed by atoms with E-state index in [2.05, 4.69) is 6.92 Å². The maximum atomic E-state index is 12.2. The molecule has 0 aliphatic rings. The topological polar surface area (TPSA) is 63.2 Å². The van der Waals surface area contributed by atoms with Gasteiger partial charge in [0.25, 0.3) is 0 Å². The molecular weight excluding hydrogens is 372 g/mol. The van der Waals surface area contributed by atoms with Crippen LogP contribution in [0.5, 0.6) is 23.0 Å². The van der Waals surface area contributed by atoms with Crippen molar-refractivity contribution in [3.05, 3.63) is 11.6 Å². The quantitative estimate of drug-likeness (QED) is 0.253. The van der Waals surface area contributed by atoms with Crippen LogP contribution in [0.1, 0.15) is 81.5 Å². The number of benzene rings is 1. The summed E-state index contributed by atoms with van der Waals surface area (Å²) in [4.78, 5) is 12.2. The van der Waals surface area contributed by atoms with Gasteiger partial charge < -0.3 is 23.7 Å². The molecule has 1 rings (SSSR count). The van der Waals surface area contributed by atoms with Crippen LogP contribution < -0.4 is 18.9 Å². The first-order chi connectivity index (χ1) is 14.1. The molecule has 6 nitrogen and oxygen atoms in total. The number of esters is 1. The average Bonchev–Trinajstić information content (AvgIpc) is 2.75. The smallest absolute Gasteiger partial charge is 0.341 e. The summed E-state index contributed by atoms with van der Waals surface area (Å²) >= 11 is 0. The number of carbonyl (C=O) groups excluding carboxylic acids is 1. The zero-order valence-electron chi connectivity index (χ0n) is 18.8. The van der Waals surface area contributed by atoms with E-state index in [4.69, 9.17) is 23.7 Å². The van der Waals surface area contributed by atoms with Crippen LogP contribution in [0.2, 0.25) is 0 Å². The van der Waals surface area contributed by atoms with E-state index >= 15 is 0 Å². The molecule has 0 unspecified atom stereocenters. The van der Waals surface area contributed by atoms with Crippen molar-refractivity contribution < 1.29 is 28.5 Å². The minimum absolute atomic E-state index is 0.258. The summed E-state index contributed by atoms with van der Waals surface area (Å²) in [7, 11) is 5.86. The van der Waals surface area contributed by atoms with Gasteiger partial charge in [-0.1, -0.05) is 64.7 Å². The largest absolute Gasteiger partial charge is 0.493 e. The second-order valence-electron chi connectivity index (χ2n) is 7.04. The van der Waals surface area contributed by atoms with Crippen LogP contribution >= 0.6 is 0 Å².